The number of halogens is 3. The maximum absolute atomic E-state index is 14.0. The third-order valence-corrected chi connectivity index (χ3v) is 6.03. The first-order valence-electron chi connectivity index (χ1n) is 10.2. The molecule has 1 atom stereocenters. The third kappa shape index (κ3) is 5.22. The Labute approximate surface area is 185 Å². The summed E-state index contributed by atoms with van der Waals surface area (Å²) in [7, 11) is 0. The van der Waals surface area contributed by atoms with Crippen molar-refractivity contribution >= 4 is 29.1 Å². The van der Waals surface area contributed by atoms with E-state index in [4.69, 9.17) is 11.6 Å². The summed E-state index contributed by atoms with van der Waals surface area (Å²) in [6, 6.07) is 7.67. The lowest BCUT2D eigenvalue weighted by Gasteiger charge is -2.42. The Balaban J connectivity index is 1.93. The van der Waals surface area contributed by atoms with Crippen LogP contribution in [0.5, 0.6) is 0 Å². The maximum atomic E-state index is 14.0. The summed E-state index contributed by atoms with van der Waals surface area (Å²) in [6.45, 7) is 7.05. The van der Waals surface area contributed by atoms with Crippen LogP contribution < -0.4 is 10.6 Å². The Morgan fingerprint density at radius 1 is 1.06 bits per heavy atom. The first-order chi connectivity index (χ1) is 14.6. The smallest absolute Gasteiger partial charge is 0.253 e. The van der Waals surface area contributed by atoms with E-state index in [1.165, 1.54) is 25.1 Å². The van der Waals surface area contributed by atoms with Gasteiger partial charge >= 0.3 is 0 Å². The molecule has 31 heavy (non-hydrogen) atoms. The molecule has 0 aromatic heterocycles. The van der Waals surface area contributed by atoms with Gasteiger partial charge in [-0.15, -0.1) is 0 Å². The van der Waals surface area contributed by atoms with Crippen LogP contribution >= 0.6 is 11.6 Å². The van der Waals surface area contributed by atoms with Crippen molar-refractivity contribution in [2.24, 2.45) is 0 Å². The van der Waals surface area contributed by atoms with Gasteiger partial charge in [0, 0.05) is 18.2 Å². The molecule has 2 N–H and O–H groups in total. The fourth-order valence-electron chi connectivity index (χ4n) is 4.02. The Morgan fingerprint density at radius 3 is 2.32 bits per heavy atom. The standard InChI is InChI=1S/C23H26ClF2N3O2/c1-14(30)27-16-7-8-17(18(24)13-16)22(31)28-21(15-6-9-19(25)20(26)12-15)23(2,3)29-10-4-5-11-29/h6-9,12-13,21H,4-5,10-11H2,1-3H3,(H,27,30)(H,28,31)/t21-/m1/s1. The highest BCUT2D eigenvalue weighted by molar-refractivity contribution is 6.34. The molecule has 3 rings (SSSR count). The van der Waals surface area contributed by atoms with E-state index in [-0.39, 0.29) is 16.5 Å². The molecule has 0 radical (unpaired) electrons. The number of carbonyl (C=O) groups excluding carboxylic acids is 2. The molecule has 8 heteroatoms. The van der Waals surface area contributed by atoms with Crippen molar-refractivity contribution in [3.05, 3.63) is 64.2 Å². The molecule has 1 fully saturated rings. The number of amides is 2. The summed E-state index contributed by atoms with van der Waals surface area (Å²) < 4.78 is 27.6. The van der Waals surface area contributed by atoms with Gasteiger partial charge in [-0.1, -0.05) is 17.7 Å². The molecule has 166 valence electrons. The fraction of sp³-hybridized carbons (Fsp3) is 0.391. The lowest BCUT2D eigenvalue weighted by atomic mass is 9.86. The van der Waals surface area contributed by atoms with Gasteiger partial charge in [0.1, 0.15) is 0 Å². The summed E-state index contributed by atoms with van der Waals surface area (Å²) in [4.78, 5) is 26.6. The molecule has 2 aromatic carbocycles. The molecule has 2 aromatic rings. The first-order valence-corrected chi connectivity index (χ1v) is 10.6. The molecule has 1 aliphatic rings. The van der Waals surface area contributed by atoms with Crippen LogP contribution in [0.3, 0.4) is 0 Å². The van der Waals surface area contributed by atoms with Gasteiger partial charge in [0.15, 0.2) is 11.6 Å². The number of nitrogens with zero attached hydrogens (tertiary/aromatic N) is 1. The average Bonchev–Trinajstić information content (AvgIpc) is 3.23. The second-order valence-electron chi connectivity index (χ2n) is 8.30. The van der Waals surface area contributed by atoms with Gasteiger partial charge in [-0.2, -0.15) is 0 Å². The number of carbonyl (C=O) groups is 2. The van der Waals surface area contributed by atoms with Crippen molar-refractivity contribution < 1.29 is 18.4 Å². The zero-order valence-corrected chi connectivity index (χ0v) is 18.5. The Bertz CT molecular complexity index is 991. The number of anilines is 1. The van der Waals surface area contributed by atoms with Gasteiger partial charge in [0.2, 0.25) is 5.91 Å². The number of rotatable bonds is 6. The summed E-state index contributed by atoms with van der Waals surface area (Å²) in [6.07, 6.45) is 2.08. The molecule has 0 bridgehead atoms. The summed E-state index contributed by atoms with van der Waals surface area (Å²) >= 11 is 6.29. The van der Waals surface area contributed by atoms with Crippen molar-refractivity contribution in [2.75, 3.05) is 18.4 Å². The molecule has 1 heterocycles. The van der Waals surface area contributed by atoms with Gasteiger partial charge in [-0.25, -0.2) is 8.78 Å². The van der Waals surface area contributed by atoms with E-state index in [1.54, 1.807) is 6.07 Å². The molecule has 0 aliphatic carbocycles. The van der Waals surface area contributed by atoms with Crippen LogP contribution in [0.2, 0.25) is 5.02 Å². The molecular formula is C23H26ClF2N3O2. The summed E-state index contributed by atoms with van der Waals surface area (Å²) in [5.41, 5.74) is 0.610. The molecule has 0 spiro atoms. The van der Waals surface area contributed by atoms with Crippen LogP contribution in [0.4, 0.5) is 14.5 Å². The van der Waals surface area contributed by atoms with Crippen molar-refractivity contribution in [3.8, 4) is 0 Å². The van der Waals surface area contributed by atoms with E-state index in [0.29, 0.717) is 11.3 Å². The van der Waals surface area contributed by atoms with Crippen molar-refractivity contribution in [2.45, 2.75) is 45.2 Å². The highest BCUT2D eigenvalue weighted by Crippen LogP contribution is 2.35. The van der Waals surface area contributed by atoms with Crippen LogP contribution in [0, 0.1) is 11.6 Å². The predicted octanol–water partition coefficient (Wildman–Crippen LogP) is 4.92. The molecule has 1 aliphatic heterocycles. The van der Waals surface area contributed by atoms with Crippen LogP contribution in [-0.2, 0) is 4.79 Å². The third-order valence-electron chi connectivity index (χ3n) is 5.71. The predicted molar refractivity (Wildman–Crippen MR) is 117 cm³/mol. The minimum atomic E-state index is -0.966. The van der Waals surface area contributed by atoms with Gasteiger partial charge < -0.3 is 10.6 Å². The molecular weight excluding hydrogens is 424 g/mol. The largest absolute Gasteiger partial charge is 0.343 e. The Kier molecular flexibility index (Phi) is 6.96. The van der Waals surface area contributed by atoms with Crippen molar-refractivity contribution in [3.63, 3.8) is 0 Å². The Hall–Kier alpha value is -2.51. The summed E-state index contributed by atoms with van der Waals surface area (Å²) in [5, 5.41) is 5.76. The molecule has 2 amide bonds. The topological polar surface area (TPSA) is 61.4 Å². The quantitative estimate of drug-likeness (QED) is 0.657. The van der Waals surface area contributed by atoms with E-state index in [1.807, 2.05) is 13.8 Å². The number of benzene rings is 2. The zero-order valence-electron chi connectivity index (χ0n) is 17.8. The Morgan fingerprint density at radius 2 is 1.74 bits per heavy atom. The van der Waals surface area contributed by atoms with E-state index < -0.39 is 29.1 Å². The van der Waals surface area contributed by atoms with Gasteiger partial charge in [0.25, 0.3) is 5.91 Å². The number of hydrogen-bond donors (Lipinski definition) is 2. The van der Waals surface area contributed by atoms with Crippen LogP contribution in [-0.4, -0.2) is 35.3 Å². The number of nitrogens with one attached hydrogen (secondary N) is 2. The monoisotopic (exact) mass is 449 g/mol. The van der Waals surface area contributed by atoms with E-state index in [2.05, 4.69) is 15.5 Å². The number of hydrogen-bond acceptors (Lipinski definition) is 3. The minimum absolute atomic E-state index is 0.173. The highest BCUT2D eigenvalue weighted by atomic mass is 35.5. The number of likely N-dealkylation sites (tertiary alicyclic amines) is 1. The lowest BCUT2D eigenvalue weighted by Crippen LogP contribution is -2.52. The summed E-state index contributed by atoms with van der Waals surface area (Å²) in [5.74, 6) is -2.60. The van der Waals surface area contributed by atoms with Gasteiger partial charge in [-0.05, 0) is 75.7 Å². The van der Waals surface area contributed by atoms with E-state index in [0.717, 1.165) is 38.1 Å². The maximum Gasteiger partial charge on any atom is 0.253 e. The normalized spacial score (nSPS) is 15.5. The van der Waals surface area contributed by atoms with Crippen LogP contribution in [0.15, 0.2) is 36.4 Å². The van der Waals surface area contributed by atoms with Crippen LogP contribution in [0.25, 0.3) is 0 Å². The van der Waals surface area contributed by atoms with Gasteiger partial charge in [-0.3, -0.25) is 14.5 Å². The molecule has 0 saturated carbocycles. The van der Waals surface area contributed by atoms with Crippen molar-refractivity contribution in [1.82, 2.24) is 10.2 Å². The molecule has 0 unspecified atom stereocenters. The highest BCUT2D eigenvalue weighted by Gasteiger charge is 2.39. The lowest BCUT2D eigenvalue weighted by molar-refractivity contribution is -0.114. The van der Waals surface area contributed by atoms with E-state index in [9.17, 15) is 18.4 Å². The molecule has 1 saturated heterocycles. The van der Waals surface area contributed by atoms with E-state index >= 15 is 0 Å². The minimum Gasteiger partial charge on any atom is -0.343 e. The average molecular weight is 450 g/mol. The fourth-order valence-corrected chi connectivity index (χ4v) is 4.29. The SMILES string of the molecule is CC(=O)Nc1ccc(C(=O)N[C@H](c2ccc(F)c(F)c2)C(C)(C)N2CCCC2)c(Cl)c1. The zero-order chi connectivity index (χ0) is 22.8. The van der Waals surface area contributed by atoms with Crippen LogP contribution in [0.1, 0.15) is 55.6 Å². The second-order valence-corrected chi connectivity index (χ2v) is 8.71. The van der Waals surface area contributed by atoms with Gasteiger partial charge in [0.05, 0.1) is 16.6 Å². The van der Waals surface area contributed by atoms with Crippen molar-refractivity contribution in [1.29, 1.82) is 0 Å². The molecule has 5 nitrogen and oxygen atoms in total. The first kappa shape index (κ1) is 23.2. The second kappa shape index (κ2) is 9.32.